The summed E-state index contributed by atoms with van der Waals surface area (Å²) in [4.78, 5) is 0.267. The van der Waals surface area contributed by atoms with Crippen LogP contribution in [0.3, 0.4) is 0 Å². The van der Waals surface area contributed by atoms with Crippen LogP contribution in [0.5, 0.6) is 0 Å². The van der Waals surface area contributed by atoms with Crippen LogP contribution in [0.4, 0.5) is 0 Å². The fourth-order valence-corrected chi connectivity index (χ4v) is 3.78. The van der Waals surface area contributed by atoms with E-state index in [2.05, 4.69) is 22.9 Å². The second-order valence-electron chi connectivity index (χ2n) is 3.95. The van der Waals surface area contributed by atoms with Crippen molar-refractivity contribution < 1.29 is 13.2 Å². The van der Waals surface area contributed by atoms with Crippen LogP contribution in [0.25, 0.3) is 0 Å². The maximum Gasteiger partial charge on any atom is 0.216 e. The molecule has 1 rings (SSSR count). The van der Waals surface area contributed by atoms with Crippen molar-refractivity contribution in [2.75, 3.05) is 32.6 Å². The van der Waals surface area contributed by atoms with Crippen LogP contribution in [0, 0.1) is 5.92 Å². The van der Waals surface area contributed by atoms with Gasteiger partial charge in [0, 0.05) is 25.0 Å². The molecule has 0 amide bonds. The molecule has 90 valence electrons. The summed E-state index contributed by atoms with van der Waals surface area (Å²) in [7, 11) is -1.61. The summed E-state index contributed by atoms with van der Waals surface area (Å²) in [6.07, 6.45) is 0.919. The molecule has 0 bridgehead atoms. The summed E-state index contributed by atoms with van der Waals surface area (Å²) >= 11 is 3.52. The highest BCUT2D eigenvalue weighted by Crippen LogP contribution is 2.25. The third-order valence-corrected chi connectivity index (χ3v) is 5.76. The Bertz CT molecular complexity index is 294. The first-order chi connectivity index (χ1) is 6.97. The molecule has 0 aromatic heterocycles. The van der Waals surface area contributed by atoms with E-state index in [-0.39, 0.29) is 17.2 Å². The summed E-state index contributed by atoms with van der Waals surface area (Å²) in [6.45, 7) is 3.61. The van der Waals surface area contributed by atoms with Gasteiger partial charge in [-0.1, -0.05) is 22.9 Å². The van der Waals surface area contributed by atoms with Gasteiger partial charge in [-0.05, 0) is 12.3 Å². The van der Waals surface area contributed by atoms with Crippen LogP contribution in [0.1, 0.15) is 13.3 Å². The topological polar surface area (TPSA) is 46.6 Å². The van der Waals surface area contributed by atoms with Gasteiger partial charge in [0.15, 0.2) is 0 Å². The van der Waals surface area contributed by atoms with E-state index in [9.17, 15) is 8.42 Å². The van der Waals surface area contributed by atoms with E-state index < -0.39 is 10.0 Å². The molecular formula is C9H18BrNO3S. The van der Waals surface area contributed by atoms with E-state index in [1.165, 1.54) is 7.11 Å². The lowest BCUT2D eigenvalue weighted by atomic mass is 10.0. The normalized spacial score (nSPS) is 29.3. The molecule has 0 aromatic carbocycles. The molecular weight excluding hydrogens is 282 g/mol. The van der Waals surface area contributed by atoms with Crippen LogP contribution >= 0.6 is 15.9 Å². The first-order valence-electron chi connectivity index (χ1n) is 5.08. The second-order valence-corrected chi connectivity index (χ2v) is 7.21. The van der Waals surface area contributed by atoms with Gasteiger partial charge in [-0.2, -0.15) is 0 Å². The Labute approximate surface area is 100 Å². The van der Waals surface area contributed by atoms with Gasteiger partial charge in [0.05, 0.1) is 12.4 Å². The van der Waals surface area contributed by atoms with Crippen LogP contribution in [-0.2, 0) is 14.8 Å². The maximum atomic E-state index is 11.8. The number of piperidine rings is 1. The Balaban J connectivity index is 2.57. The van der Waals surface area contributed by atoms with Crippen molar-refractivity contribution in [2.45, 2.75) is 18.2 Å². The van der Waals surface area contributed by atoms with Crippen molar-refractivity contribution in [3.05, 3.63) is 0 Å². The number of hydrogen-bond acceptors (Lipinski definition) is 3. The Morgan fingerprint density at radius 3 is 2.73 bits per heavy atom. The number of halogens is 1. The summed E-state index contributed by atoms with van der Waals surface area (Å²) < 4.78 is 30.0. The highest BCUT2D eigenvalue weighted by Gasteiger charge is 2.30. The predicted octanol–water partition coefficient (Wildman–Crippen LogP) is 1.07. The largest absolute Gasteiger partial charge is 0.384 e. The molecule has 1 aliphatic rings. The Hall–Kier alpha value is 0.350. The lowest BCUT2D eigenvalue weighted by Gasteiger charge is -2.33. The average molecular weight is 300 g/mol. The monoisotopic (exact) mass is 299 g/mol. The molecule has 0 radical (unpaired) electrons. The fourth-order valence-electron chi connectivity index (χ4n) is 1.56. The zero-order chi connectivity index (χ0) is 11.5. The number of rotatable bonds is 4. The van der Waals surface area contributed by atoms with Crippen molar-refractivity contribution in [2.24, 2.45) is 5.92 Å². The van der Waals surface area contributed by atoms with E-state index in [1.807, 2.05) is 0 Å². The molecule has 4 nitrogen and oxygen atoms in total. The minimum absolute atomic E-state index is 0.0810. The number of methoxy groups -OCH3 is 1. The Kier molecular flexibility index (Phi) is 5.02. The van der Waals surface area contributed by atoms with Gasteiger partial charge >= 0.3 is 0 Å². The number of sulfonamides is 1. The molecule has 15 heavy (non-hydrogen) atoms. The van der Waals surface area contributed by atoms with Gasteiger partial charge in [0.2, 0.25) is 10.0 Å². The van der Waals surface area contributed by atoms with Gasteiger partial charge in [0.25, 0.3) is 0 Å². The summed E-state index contributed by atoms with van der Waals surface area (Å²) in [5.41, 5.74) is 0. The van der Waals surface area contributed by atoms with Crippen molar-refractivity contribution in [3.63, 3.8) is 0 Å². The molecule has 6 heteroatoms. The minimum atomic E-state index is -3.12. The van der Waals surface area contributed by atoms with E-state index in [4.69, 9.17) is 4.74 Å². The van der Waals surface area contributed by atoms with Crippen LogP contribution in [0.2, 0.25) is 0 Å². The fraction of sp³-hybridized carbons (Fsp3) is 1.00. The molecule has 1 fully saturated rings. The highest BCUT2D eigenvalue weighted by atomic mass is 79.9. The van der Waals surface area contributed by atoms with Crippen LogP contribution in [-0.4, -0.2) is 50.1 Å². The molecule has 2 unspecified atom stereocenters. The van der Waals surface area contributed by atoms with E-state index in [0.717, 1.165) is 6.42 Å². The SMILES string of the molecule is COCCS(=O)(=O)N1CCC(C)C(Br)C1. The molecule has 1 heterocycles. The van der Waals surface area contributed by atoms with Crippen molar-refractivity contribution in [3.8, 4) is 0 Å². The number of ether oxygens (including phenoxy) is 1. The van der Waals surface area contributed by atoms with Gasteiger partial charge in [-0.3, -0.25) is 0 Å². The summed E-state index contributed by atoms with van der Waals surface area (Å²) in [6, 6.07) is 0. The van der Waals surface area contributed by atoms with Crippen molar-refractivity contribution >= 4 is 26.0 Å². The molecule has 1 saturated heterocycles. The average Bonchev–Trinajstić information content (AvgIpc) is 2.19. The predicted molar refractivity (Wildman–Crippen MR) is 63.7 cm³/mol. The third-order valence-electron chi connectivity index (χ3n) is 2.77. The van der Waals surface area contributed by atoms with Gasteiger partial charge in [-0.25, -0.2) is 12.7 Å². The van der Waals surface area contributed by atoms with Gasteiger partial charge in [0.1, 0.15) is 0 Å². The number of alkyl halides is 1. The first kappa shape index (κ1) is 13.4. The minimum Gasteiger partial charge on any atom is -0.384 e. The molecule has 1 aliphatic heterocycles. The highest BCUT2D eigenvalue weighted by molar-refractivity contribution is 9.09. The van der Waals surface area contributed by atoms with Crippen LogP contribution < -0.4 is 0 Å². The maximum absolute atomic E-state index is 11.8. The van der Waals surface area contributed by atoms with Gasteiger partial charge in [-0.15, -0.1) is 0 Å². The summed E-state index contributed by atoms with van der Waals surface area (Å²) in [5.74, 6) is 0.622. The Morgan fingerprint density at radius 2 is 2.20 bits per heavy atom. The molecule has 0 aliphatic carbocycles. The number of hydrogen-bond donors (Lipinski definition) is 0. The van der Waals surface area contributed by atoms with E-state index >= 15 is 0 Å². The molecule has 0 spiro atoms. The standard InChI is InChI=1S/C9H18BrNO3S/c1-8-3-4-11(7-9(8)10)15(12,13)6-5-14-2/h8-9H,3-7H2,1-2H3. The zero-order valence-corrected chi connectivity index (χ0v) is 11.6. The lowest BCUT2D eigenvalue weighted by Crippen LogP contribution is -2.44. The molecule has 0 N–H and O–H groups in total. The molecule has 0 saturated carbocycles. The van der Waals surface area contributed by atoms with E-state index in [1.54, 1.807) is 4.31 Å². The third kappa shape index (κ3) is 3.69. The lowest BCUT2D eigenvalue weighted by molar-refractivity contribution is 0.214. The summed E-state index contributed by atoms with van der Waals surface area (Å²) in [5, 5.41) is 0. The van der Waals surface area contributed by atoms with Gasteiger partial charge < -0.3 is 4.74 Å². The van der Waals surface area contributed by atoms with Crippen molar-refractivity contribution in [1.82, 2.24) is 4.31 Å². The number of nitrogens with zero attached hydrogens (tertiary/aromatic N) is 1. The van der Waals surface area contributed by atoms with E-state index in [0.29, 0.717) is 19.0 Å². The smallest absolute Gasteiger partial charge is 0.216 e. The first-order valence-corrected chi connectivity index (χ1v) is 7.60. The molecule has 0 aromatic rings. The zero-order valence-electron chi connectivity index (χ0n) is 9.15. The van der Waals surface area contributed by atoms with Crippen molar-refractivity contribution in [1.29, 1.82) is 0 Å². The quantitative estimate of drug-likeness (QED) is 0.730. The Morgan fingerprint density at radius 1 is 1.53 bits per heavy atom. The molecule has 2 atom stereocenters. The van der Waals surface area contributed by atoms with Crippen LogP contribution in [0.15, 0.2) is 0 Å². The second kappa shape index (κ2) is 5.61.